The Morgan fingerprint density at radius 1 is 0.979 bits per heavy atom. The number of methoxy groups -OCH3 is 2. The summed E-state index contributed by atoms with van der Waals surface area (Å²) in [5.41, 5.74) is 4.36. The van der Waals surface area contributed by atoms with Crippen LogP contribution in [0.15, 0.2) is 36.5 Å². The van der Waals surface area contributed by atoms with Crippen LogP contribution in [-0.2, 0) is 37.9 Å². The molecular formula is C36H52N4O5Si2. The number of nitrogens with zero attached hydrogens (tertiary/aromatic N) is 4. The van der Waals surface area contributed by atoms with E-state index in [9.17, 15) is 10.1 Å². The molecule has 0 aliphatic rings. The first-order valence-electron chi connectivity index (χ1n) is 16.4. The van der Waals surface area contributed by atoms with Crippen LogP contribution in [0.4, 0.5) is 0 Å². The average Bonchev–Trinajstić information content (AvgIpc) is 3.60. The molecule has 11 heteroatoms. The topological polar surface area (TPSA) is 101 Å². The van der Waals surface area contributed by atoms with E-state index in [0.717, 1.165) is 63.3 Å². The van der Waals surface area contributed by atoms with Crippen LogP contribution in [0.25, 0.3) is 21.9 Å². The Morgan fingerprint density at radius 2 is 1.64 bits per heavy atom. The van der Waals surface area contributed by atoms with Gasteiger partial charge in [-0.05, 0) is 68.3 Å². The van der Waals surface area contributed by atoms with Crippen LogP contribution < -0.4 is 4.74 Å². The van der Waals surface area contributed by atoms with Crippen LogP contribution in [0.3, 0.4) is 0 Å². The molecule has 0 radical (unpaired) electrons. The zero-order valence-electron chi connectivity index (χ0n) is 30.0. The molecule has 0 N–H and O–H groups in total. The summed E-state index contributed by atoms with van der Waals surface area (Å²) in [5, 5.41) is 10.8. The molecule has 0 bridgehead atoms. The highest BCUT2D eigenvalue weighted by atomic mass is 28.3. The van der Waals surface area contributed by atoms with Gasteiger partial charge in [0.1, 0.15) is 25.0 Å². The van der Waals surface area contributed by atoms with E-state index in [4.69, 9.17) is 23.9 Å². The molecule has 0 amide bonds. The van der Waals surface area contributed by atoms with Crippen molar-refractivity contribution in [2.75, 3.05) is 27.4 Å². The van der Waals surface area contributed by atoms with Gasteiger partial charge in [-0.3, -0.25) is 4.79 Å². The van der Waals surface area contributed by atoms with E-state index in [1.807, 2.05) is 12.1 Å². The second kappa shape index (κ2) is 14.8. The minimum atomic E-state index is -1.32. The number of carbonyl (C=O) groups excluding carboxylic acids is 1. The Hall–Kier alpha value is -3.44. The fourth-order valence-electron chi connectivity index (χ4n) is 6.04. The number of benzene rings is 2. The highest BCUT2D eigenvalue weighted by Gasteiger charge is 2.40. The van der Waals surface area contributed by atoms with Crippen LogP contribution in [0, 0.1) is 18.3 Å². The minimum Gasteiger partial charge on any atom is -0.496 e. The van der Waals surface area contributed by atoms with E-state index in [-0.39, 0.29) is 19.1 Å². The predicted octanol–water partition coefficient (Wildman–Crippen LogP) is 8.06. The van der Waals surface area contributed by atoms with Crippen molar-refractivity contribution in [3.63, 3.8) is 0 Å². The number of ether oxygens (including phenoxy) is 4. The van der Waals surface area contributed by atoms with E-state index < -0.39 is 21.6 Å². The molecule has 4 rings (SSSR count). The maximum atomic E-state index is 12.7. The molecule has 0 saturated heterocycles. The van der Waals surface area contributed by atoms with E-state index in [1.165, 1.54) is 7.11 Å². The van der Waals surface area contributed by atoms with E-state index in [0.29, 0.717) is 25.3 Å². The van der Waals surface area contributed by atoms with Gasteiger partial charge >= 0.3 is 5.97 Å². The summed E-state index contributed by atoms with van der Waals surface area (Å²) in [5.74, 6) is 1.16. The highest BCUT2D eigenvalue weighted by molar-refractivity contribution is 6.76. The van der Waals surface area contributed by atoms with Crippen molar-refractivity contribution in [2.45, 2.75) is 96.9 Å². The zero-order chi connectivity index (χ0) is 34.6. The van der Waals surface area contributed by atoms with Gasteiger partial charge in [0.25, 0.3) is 0 Å². The van der Waals surface area contributed by atoms with E-state index >= 15 is 0 Å². The number of esters is 1. The maximum Gasteiger partial charge on any atom is 0.305 e. The molecule has 1 unspecified atom stereocenters. The lowest BCUT2D eigenvalue weighted by atomic mass is 9.75. The number of nitriles is 1. The van der Waals surface area contributed by atoms with Crippen LogP contribution >= 0.6 is 0 Å². The Balaban J connectivity index is 1.92. The molecular weight excluding hydrogens is 625 g/mol. The Morgan fingerprint density at radius 3 is 2.23 bits per heavy atom. The molecule has 2 aromatic carbocycles. The SMILES string of the molecule is COC(=O)CCC(C)(c1c(OC)cc(C)c2c1ccn2COCC[Si](C)(C)C)c1nc2ccc(C#N)cc2n1COCC[Si](C)(C)C. The first-order chi connectivity index (χ1) is 22.1. The van der Waals surface area contributed by atoms with Crippen LogP contribution in [0.5, 0.6) is 5.75 Å². The maximum absolute atomic E-state index is 12.7. The Kier molecular flexibility index (Phi) is 11.4. The molecule has 254 valence electrons. The summed E-state index contributed by atoms with van der Waals surface area (Å²) in [4.78, 5) is 17.9. The summed E-state index contributed by atoms with van der Waals surface area (Å²) in [6.07, 6.45) is 2.65. The van der Waals surface area contributed by atoms with Crippen molar-refractivity contribution >= 4 is 44.1 Å². The van der Waals surface area contributed by atoms with Crippen LogP contribution in [0.1, 0.15) is 42.3 Å². The van der Waals surface area contributed by atoms with Crippen LogP contribution in [0.2, 0.25) is 51.4 Å². The molecule has 0 aliphatic carbocycles. The van der Waals surface area contributed by atoms with Crippen molar-refractivity contribution in [2.24, 2.45) is 0 Å². The van der Waals surface area contributed by atoms with Gasteiger partial charge in [0, 0.05) is 52.9 Å². The monoisotopic (exact) mass is 676 g/mol. The number of hydrogen-bond acceptors (Lipinski definition) is 7. The van der Waals surface area contributed by atoms with Gasteiger partial charge in [0.15, 0.2) is 0 Å². The summed E-state index contributed by atoms with van der Waals surface area (Å²) in [7, 11) is 0.557. The molecule has 47 heavy (non-hydrogen) atoms. The third kappa shape index (κ3) is 8.54. The molecule has 2 aromatic heterocycles. The van der Waals surface area contributed by atoms with Gasteiger partial charge in [0.05, 0.1) is 47.8 Å². The van der Waals surface area contributed by atoms with Gasteiger partial charge in [-0.2, -0.15) is 5.26 Å². The fourth-order valence-corrected chi connectivity index (χ4v) is 7.56. The lowest BCUT2D eigenvalue weighted by Crippen LogP contribution is -2.31. The molecule has 0 spiro atoms. The molecule has 2 heterocycles. The fraction of sp³-hybridized carbons (Fsp3) is 0.528. The second-order valence-corrected chi connectivity index (χ2v) is 26.3. The Bertz CT molecular complexity index is 1760. The molecule has 1 atom stereocenters. The number of fused-ring (bicyclic) bond motifs is 2. The van der Waals surface area contributed by atoms with Gasteiger partial charge < -0.3 is 28.1 Å². The number of rotatable bonds is 16. The standard InChI is InChI=1S/C36H52N4O5Si2/c1-26-21-31(42-3)33(28-14-16-39(34(26)28)24-44-17-19-46(5,6)7)36(2,15-13-32(41)43-4)35-38-29-12-11-27(23-37)22-30(29)40(35)25-45-18-20-47(8,9)10/h11-12,14,16,21-22H,13,15,17-20,24-25H2,1-10H3. The van der Waals surface area contributed by atoms with Gasteiger partial charge in [-0.25, -0.2) is 4.98 Å². The number of aryl methyl sites for hydroxylation is 1. The smallest absolute Gasteiger partial charge is 0.305 e. The zero-order valence-corrected chi connectivity index (χ0v) is 32.0. The van der Waals surface area contributed by atoms with Gasteiger partial charge in [0.2, 0.25) is 0 Å². The lowest BCUT2D eigenvalue weighted by molar-refractivity contribution is -0.140. The Labute approximate surface area is 281 Å². The molecule has 9 nitrogen and oxygen atoms in total. The average molecular weight is 677 g/mol. The minimum absolute atomic E-state index is 0.176. The molecule has 0 fully saturated rings. The number of aromatic nitrogens is 3. The molecule has 0 saturated carbocycles. The number of imidazole rings is 1. The van der Waals surface area contributed by atoms with E-state index in [1.54, 1.807) is 13.2 Å². The summed E-state index contributed by atoms with van der Waals surface area (Å²) in [6.45, 7) is 20.3. The summed E-state index contributed by atoms with van der Waals surface area (Å²) in [6, 6.07) is 14.1. The quantitative estimate of drug-likeness (QED) is 0.0672. The van der Waals surface area contributed by atoms with Crippen molar-refractivity contribution < 1.29 is 23.7 Å². The highest BCUT2D eigenvalue weighted by Crippen LogP contribution is 2.47. The number of carbonyl (C=O) groups is 1. The predicted molar refractivity (Wildman–Crippen MR) is 194 cm³/mol. The van der Waals surface area contributed by atoms with Crippen molar-refractivity contribution in [3.8, 4) is 11.8 Å². The van der Waals surface area contributed by atoms with Crippen LogP contribution in [-0.4, -0.2) is 63.7 Å². The number of hydrogen-bond donors (Lipinski definition) is 0. The first kappa shape index (κ1) is 36.4. The van der Waals surface area contributed by atoms with Crippen molar-refractivity contribution in [1.29, 1.82) is 5.26 Å². The van der Waals surface area contributed by atoms with Crippen molar-refractivity contribution in [3.05, 3.63) is 59.0 Å². The third-order valence-electron chi connectivity index (χ3n) is 8.84. The molecule has 0 aliphatic heterocycles. The lowest BCUT2D eigenvalue weighted by Gasteiger charge is -2.33. The summed E-state index contributed by atoms with van der Waals surface area (Å²) < 4.78 is 28.0. The third-order valence-corrected chi connectivity index (χ3v) is 12.3. The largest absolute Gasteiger partial charge is 0.496 e. The van der Waals surface area contributed by atoms with Gasteiger partial charge in [-0.15, -0.1) is 0 Å². The first-order valence-corrected chi connectivity index (χ1v) is 23.8. The van der Waals surface area contributed by atoms with Gasteiger partial charge in [-0.1, -0.05) is 39.3 Å². The van der Waals surface area contributed by atoms with Crippen molar-refractivity contribution in [1.82, 2.24) is 14.1 Å². The van der Waals surface area contributed by atoms with E-state index in [2.05, 4.69) is 86.7 Å². The summed E-state index contributed by atoms with van der Waals surface area (Å²) >= 11 is 0. The normalized spacial score (nSPS) is 13.6. The molecule has 4 aromatic rings. The second-order valence-electron chi connectivity index (χ2n) is 15.1.